The van der Waals surface area contributed by atoms with Crippen LogP contribution in [0.25, 0.3) is 0 Å². The zero-order valence-corrected chi connectivity index (χ0v) is 14.3. The molecular formula is C17H24N2O2S. The molecule has 22 heavy (non-hydrogen) atoms. The normalized spacial score (nSPS) is 15.6. The zero-order valence-electron chi connectivity index (χ0n) is 13.5. The third-order valence-electron chi connectivity index (χ3n) is 3.69. The van der Waals surface area contributed by atoms with E-state index >= 15 is 0 Å². The van der Waals surface area contributed by atoms with Gasteiger partial charge in [0.1, 0.15) is 6.54 Å². The second-order valence-corrected chi connectivity index (χ2v) is 7.19. The molecule has 1 atom stereocenters. The highest BCUT2D eigenvalue weighted by atomic mass is 32.2. The Morgan fingerprint density at radius 1 is 1.27 bits per heavy atom. The van der Waals surface area contributed by atoms with Gasteiger partial charge in [0, 0.05) is 10.9 Å². The molecule has 1 aromatic carbocycles. The molecule has 2 amide bonds. The van der Waals surface area contributed by atoms with E-state index < -0.39 is 0 Å². The summed E-state index contributed by atoms with van der Waals surface area (Å²) in [5.74, 6) is 0.930. The molecule has 2 rings (SSSR count). The van der Waals surface area contributed by atoms with Crippen LogP contribution in [0.1, 0.15) is 33.6 Å². The smallest absolute Gasteiger partial charge is 0.240 e. The van der Waals surface area contributed by atoms with Crippen LogP contribution in [0.2, 0.25) is 0 Å². The number of thioether (sulfide) groups is 1. The molecule has 0 saturated carbocycles. The molecule has 0 spiro atoms. The number of benzene rings is 1. The number of fused-ring (bicyclic) bond motifs is 1. The fourth-order valence-corrected chi connectivity index (χ4v) is 3.38. The van der Waals surface area contributed by atoms with E-state index in [1.807, 2.05) is 31.2 Å². The summed E-state index contributed by atoms with van der Waals surface area (Å²) in [5.41, 5.74) is 0.841. The average Bonchev–Trinajstić information content (AvgIpc) is 2.48. The molecule has 4 nitrogen and oxygen atoms in total. The molecule has 1 unspecified atom stereocenters. The predicted octanol–water partition coefficient (Wildman–Crippen LogP) is 3.07. The maximum Gasteiger partial charge on any atom is 0.240 e. The number of amides is 2. The number of nitrogens with zero attached hydrogens (tertiary/aromatic N) is 1. The van der Waals surface area contributed by atoms with Crippen molar-refractivity contribution in [3.8, 4) is 0 Å². The van der Waals surface area contributed by atoms with Crippen molar-refractivity contribution in [1.82, 2.24) is 5.32 Å². The van der Waals surface area contributed by atoms with Crippen LogP contribution in [0.15, 0.2) is 29.2 Å². The lowest BCUT2D eigenvalue weighted by atomic mass is 10.0. The molecule has 1 aliphatic rings. The second-order valence-electron chi connectivity index (χ2n) is 6.18. The van der Waals surface area contributed by atoms with Gasteiger partial charge in [-0.1, -0.05) is 26.0 Å². The zero-order chi connectivity index (χ0) is 16.1. The van der Waals surface area contributed by atoms with Gasteiger partial charge in [0.2, 0.25) is 11.8 Å². The molecule has 1 aromatic rings. The first-order valence-corrected chi connectivity index (χ1v) is 8.77. The summed E-state index contributed by atoms with van der Waals surface area (Å²) >= 11 is 1.53. The van der Waals surface area contributed by atoms with E-state index in [0.29, 0.717) is 11.7 Å². The van der Waals surface area contributed by atoms with Crippen molar-refractivity contribution in [3.05, 3.63) is 24.3 Å². The van der Waals surface area contributed by atoms with Crippen molar-refractivity contribution in [2.75, 3.05) is 17.2 Å². The van der Waals surface area contributed by atoms with Crippen LogP contribution in [-0.2, 0) is 9.59 Å². The molecule has 120 valence electrons. The van der Waals surface area contributed by atoms with Crippen LogP contribution >= 0.6 is 11.8 Å². The van der Waals surface area contributed by atoms with Crippen LogP contribution < -0.4 is 10.2 Å². The highest BCUT2D eigenvalue weighted by Gasteiger charge is 2.26. The van der Waals surface area contributed by atoms with Gasteiger partial charge in [-0.25, -0.2) is 0 Å². The fraction of sp³-hybridized carbons (Fsp3) is 0.529. The molecule has 1 aliphatic heterocycles. The second kappa shape index (κ2) is 7.68. The van der Waals surface area contributed by atoms with Gasteiger partial charge in [-0.05, 0) is 37.8 Å². The minimum absolute atomic E-state index is 0.00585. The molecular weight excluding hydrogens is 296 g/mol. The largest absolute Gasteiger partial charge is 0.352 e. The van der Waals surface area contributed by atoms with Crippen molar-refractivity contribution in [1.29, 1.82) is 0 Å². The van der Waals surface area contributed by atoms with E-state index in [0.717, 1.165) is 23.4 Å². The standard InChI is InChI=1S/C17H24N2O2S/c1-12(2)8-9-13(3)18-16(20)10-19-14-6-4-5-7-15(14)22-11-17(19)21/h4-7,12-13H,8-11H2,1-3H3,(H,18,20). The lowest BCUT2D eigenvalue weighted by Gasteiger charge is -2.28. The number of rotatable bonds is 6. The summed E-state index contributed by atoms with van der Waals surface area (Å²) in [7, 11) is 0. The maximum atomic E-state index is 12.2. The van der Waals surface area contributed by atoms with Crippen LogP contribution in [0.5, 0.6) is 0 Å². The minimum Gasteiger partial charge on any atom is -0.352 e. The predicted molar refractivity (Wildman–Crippen MR) is 91.2 cm³/mol. The number of nitrogens with one attached hydrogen (secondary N) is 1. The van der Waals surface area contributed by atoms with Crippen molar-refractivity contribution >= 4 is 29.3 Å². The number of hydrogen-bond donors (Lipinski definition) is 1. The first-order valence-electron chi connectivity index (χ1n) is 7.79. The van der Waals surface area contributed by atoms with Gasteiger partial charge in [-0.3, -0.25) is 9.59 Å². The van der Waals surface area contributed by atoms with E-state index in [2.05, 4.69) is 19.2 Å². The van der Waals surface area contributed by atoms with Gasteiger partial charge in [-0.2, -0.15) is 0 Å². The van der Waals surface area contributed by atoms with Gasteiger partial charge >= 0.3 is 0 Å². The Bertz CT molecular complexity index is 545. The molecule has 0 aliphatic carbocycles. The summed E-state index contributed by atoms with van der Waals surface area (Å²) in [6.45, 7) is 6.47. The van der Waals surface area contributed by atoms with E-state index in [-0.39, 0.29) is 24.4 Å². The third kappa shape index (κ3) is 4.50. The van der Waals surface area contributed by atoms with Crippen LogP contribution in [-0.4, -0.2) is 30.2 Å². The Morgan fingerprint density at radius 3 is 2.73 bits per heavy atom. The van der Waals surface area contributed by atoms with E-state index in [4.69, 9.17) is 0 Å². The maximum absolute atomic E-state index is 12.2. The van der Waals surface area contributed by atoms with Crippen LogP contribution in [0.3, 0.4) is 0 Å². The first-order chi connectivity index (χ1) is 10.5. The average molecular weight is 320 g/mol. The molecule has 1 N–H and O–H groups in total. The molecule has 0 saturated heterocycles. The number of carbonyl (C=O) groups is 2. The number of hydrogen-bond acceptors (Lipinski definition) is 3. The molecule has 5 heteroatoms. The highest BCUT2D eigenvalue weighted by Crippen LogP contribution is 2.34. The van der Waals surface area contributed by atoms with Gasteiger partial charge in [0.05, 0.1) is 11.4 Å². The SMILES string of the molecule is CC(C)CCC(C)NC(=O)CN1C(=O)CSc2ccccc21. The molecule has 0 aromatic heterocycles. The first kappa shape index (κ1) is 16.9. The molecule has 1 heterocycles. The Balaban J connectivity index is 1.95. The Morgan fingerprint density at radius 2 is 2.00 bits per heavy atom. The van der Waals surface area contributed by atoms with Crippen LogP contribution in [0.4, 0.5) is 5.69 Å². The van der Waals surface area contributed by atoms with Crippen LogP contribution in [0, 0.1) is 5.92 Å². The fourth-order valence-electron chi connectivity index (χ4n) is 2.45. The van der Waals surface area contributed by atoms with E-state index in [1.54, 1.807) is 4.90 Å². The summed E-state index contributed by atoms with van der Waals surface area (Å²) < 4.78 is 0. The Labute approximate surface area is 136 Å². The quantitative estimate of drug-likeness (QED) is 0.876. The molecule has 0 fully saturated rings. The summed E-state index contributed by atoms with van der Waals surface area (Å²) in [6.07, 6.45) is 2.05. The van der Waals surface area contributed by atoms with Gasteiger partial charge in [-0.15, -0.1) is 11.8 Å². The third-order valence-corrected chi connectivity index (χ3v) is 4.74. The lowest BCUT2D eigenvalue weighted by Crippen LogP contribution is -2.45. The number of carbonyl (C=O) groups excluding carboxylic acids is 2. The van der Waals surface area contributed by atoms with Gasteiger partial charge in [0.25, 0.3) is 0 Å². The van der Waals surface area contributed by atoms with Crippen molar-refractivity contribution < 1.29 is 9.59 Å². The Hall–Kier alpha value is -1.49. The van der Waals surface area contributed by atoms with Gasteiger partial charge in [0.15, 0.2) is 0 Å². The minimum atomic E-state index is -0.0914. The number of para-hydroxylation sites is 1. The number of anilines is 1. The monoisotopic (exact) mass is 320 g/mol. The highest BCUT2D eigenvalue weighted by molar-refractivity contribution is 8.00. The van der Waals surface area contributed by atoms with Crippen molar-refractivity contribution in [3.63, 3.8) is 0 Å². The lowest BCUT2D eigenvalue weighted by molar-refractivity contribution is -0.123. The van der Waals surface area contributed by atoms with E-state index in [9.17, 15) is 9.59 Å². The topological polar surface area (TPSA) is 49.4 Å². The van der Waals surface area contributed by atoms with E-state index in [1.165, 1.54) is 11.8 Å². The van der Waals surface area contributed by atoms with Crippen molar-refractivity contribution in [2.24, 2.45) is 5.92 Å². The molecule has 0 radical (unpaired) electrons. The summed E-state index contributed by atoms with van der Waals surface area (Å²) in [4.78, 5) is 27.0. The Kier molecular flexibility index (Phi) is 5.89. The molecule has 0 bridgehead atoms. The summed E-state index contributed by atoms with van der Waals surface area (Å²) in [5, 5.41) is 2.99. The van der Waals surface area contributed by atoms with Crippen molar-refractivity contribution in [2.45, 2.75) is 44.6 Å². The summed E-state index contributed by atoms with van der Waals surface area (Å²) in [6, 6.07) is 7.87. The van der Waals surface area contributed by atoms with Gasteiger partial charge < -0.3 is 10.2 Å².